The molecule has 0 aliphatic carbocycles. The van der Waals surface area contributed by atoms with Gasteiger partial charge in [-0.05, 0) is 61.6 Å². The van der Waals surface area contributed by atoms with Crippen molar-refractivity contribution >= 4 is 16.7 Å². The van der Waals surface area contributed by atoms with Crippen molar-refractivity contribution in [2.75, 3.05) is 27.4 Å². The summed E-state index contributed by atoms with van der Waals surface area (Å²) in [5, 5.41) is 0.759. The molecule has 9 heteroatoms. The predicted molar refractivity (Wildman–Crippen MR) is 172 cm³/mol. The van der Waals surface area contributed by atoms with Crippen molar-refractivity contribution in [2.45, 2.75) is 32.7 Å². The van der Waals surface area contributed by atoms with E-state index in [4.69, 9.17) is 18.9 Å². The number of carbonyl (C=O) groups excluding carboxylic acids is 1. The molecule has 0 radical (unpaired) electrons. The first-order chi connectivity index (χ1) is 21.9. The van der Waals surface area contributed by atoms with Crippen LogP contribution in [0.15, 0.2) is 84.0 Å². The first-order valence-corrected chi connectivity index (χ1v) is 15.0. The van der Waals surface area contributed by atoms with Crippen LogP contribution in [0.1, 0.15) is 34.5 Å². The summed E-state index contributed by atoms with van der Waals surface area (Å²) in [5.41, 5.74) is 4.09. The van der Waals surface area contributed by atoms with Crippen molar-refractivity contribution in [2.24, 2.45) is 5.92 Å². The van der Waals surface area contributed by atoms with Crippen LogP contribution in [0.2, 0.25) is 0 Å². The lowest BCUT2D eigenvalue weighted by Crippen LogP contribution is -2.29. The number of carbonyl (C=O) groups is 1. The maximum Gasteiger partial charge on any atom is 0.258 e. The molecule has 45 heavy (non-hydrogen) atoms. The van der Waals surface area contributed by atoms with E-state index in [-0.39, 0.29) is 17.8 Å². The molecule has 9 nitrogen and oxygen atoms in total. The van der Waals surface area contributed by atoms with Crippen LogP contribution in [-0.2, 0) is 17.7 Å². The van der Waals surface area contributed by atoms with Gasteiger partial charge in [0, 0.05) is 60.4 Å². The zero-order valence-corrected chi connectivity index (χ0v) is 25.6. The largest absolute Gasteiger partial charge is 0.493 e. The van der Waals surface area contributed by atoms with Gasteiger partial charge in [-0.2, -0.15) is 0 Å². The standard InChI is InChI=1S/C36H35N3O6/c1-23-4-6-25(7-5-23)29-16-26(22-39(36(29)41)21-24-11-14-44-15-12-24)32(40)17-27-8-9-28(20-38-27)45-33-10-13-37-31-19-35(43-3)34(42-2)18-30(31)33/h4-10,13,16,18-20,22,24H,11-12,14-15,17,21H2,1-3H3. The molecule has 2 aromatic carbocycles. The molecule has 1 aliphatic heterocycles. The van der Waals surface area contributed by atoms with Gasteiger partial charge in [-0.1, -0.05) is 29.8 Å². The molecule has 3 aromatic heterocycles. The number of ketones is 1. The van der Waals surface area contributed by atoms with Gasteiger partial charge in [0.1, 0.15) is 11.5 Å². The summed E-state index contributed by atoms with van der Waals surface area (Å²) in [5.74, 6) is 2.45. The maximum absolute atomic E-state index is 13.6. The lowest BCUT2D eigenvalue weighted by Gasteiger charge is -2.23. The molecule has 0 atom stereocenters. The fourth-order valence-electron chi connectivity index (χ4n) is 5.58. The number of pyridine rings is 3. The molecule has 1 saturated heterocycles. The van der Waals surface area contributed by atoms with Crippen LogP contribution in [0.3, 0.4) is 0 Å². The zero-order chi connectivity index (χ0) is 31.3. The van der Waals surface area contributed by atoms with Crippen LogP contribution >= 0.6 is 0 Å². The van der Waals surface area contributed by atoms with Gasteiger partial charge in [0.2, 0.25) is 0 Å². The highest BCUT2D eigenvalue weighted by Crippen LogP contribution is 2.36. The van der Waals surface area contributed by atoms with Crippen LogP contribution < -0.4 is 19.8 Å². The lowest BCUT2D eigenvalue weighted by atomic mass is 9.98. The Bertz CT molecular complexity index is 1880. The topological polar surface area (TPSA) is 102 Å². The average Bonchev–Trinajstić information content (AvgIpc) is 3.07. The number of aryl methyl sites for hydroxylation is 1. The fraction of sp³-hybridized carbons (Fsp3) is 0.278. The van der Waals surface area contributed by atoms with E-state index in [1.165, 1.54) is 0 Å². The molecular formula is C36H35N3O6. The van der Waals surface area contributed by atoms with Crippen molar-refractivity contribution < 1.29 is 23.7 Å². The third-order valence-electron chi connectivity index (χ3n) is 8.14. The number of benzene rings is 2. The molecule has 1 aliphatic rings. The van der Waals surface area contributed by atoms with Crippen molar-refractivity contribution in [3.63, 3.8) is 0 Å². The predicted octanol–water partition coefficient (Wildman–Crippen LogP) is 6.43. The number of methoxy groups -OCH3 is 2. The highest BCUT2D eigenvalue weighted by Gasteiger charge is 2.19. The van der Waals surface area contributed by atoms with E-state index in [0.29, 0.717) is 71.0 Å². The fourth-order valence-corrected chi connectivity index (χ4v) is 5.58. The zero-order valence-electron chi connectivity index (χ0n) is 25.6. The maximum atomic E-state index is 13.6. The van der Waals surface area contributed by atoms with Crippen LogP contribution in [0, 0.1) is 12.8 Å². The molecule has 0 saturated carbocycles. The summed E-state index contributed by atoms with van der Waals surface area (Å²) in [6, 6.07) is 18.5. The lowest BCUT2D eigenvalue weighted by molar-refractivity contribution is 0.0609. The molecule has 230 valence electrons. The van der Waals surface area contributed by atoms with Gasteiger partial charge in [-0.25, -0.2) is 0 Å². The smallest absolute Gasteiger partial charge is 0.258 e. The second-order valence-corrected chi connectivity index (χ2v) is 11.2. The van der Waals surface area contributed by atoms with Crippen molar-refractivity contribution in [1.82, 2.24) is 14.5 Å². The van der Waals surface area contributed by atoms with Crippen molar-refractivity contribution in [3.05, 3.63) is 106 Å². The molecule has 0 amide bonds. The van der Waals surface area contributed by atoms with Gasteiger partial charge in [0.05, 0.1) is 32.4 Å². The Hall–Kier alpha value is -5.02. The Morgan fingerprint density at radius 1 is 0.933 bits per heavy atom. The van der Waals surface area contributed by atoms with Crippen LogP contribution in [0.25, 0.3) is 22.0 Å². The molecular weight excluding hydrogens is 570 g/mol. The Morgan fingerprint density at radius 2 is 1.69 bits per heavy atom. The summed E-state index contributed by atoms with van der Waals surface area (Å²) in [6.45, 7) is 3.93. The normalized spacial score (nSPS) is 13.5. The molecule has 6 rings (SSSR count). The van der Waals surface area contributed by atoms with E-state index in [1.54, 1.807) is 67.7 Å². The summed E-state index contributed by atoms with van der Waals surface area (Å²) in [6.07, 6.45) is 6.82. The summed E-state index contributed by atoms with van der Waals surface area (Å²) >= 11 is 0. The van der Waals surface area contributed by atoms with Gasteiger partial charge >= 0.3 is 0 Å². The Labute approximate surface area is 261 Å². The number of Topliss-reactive ketones (excluding diaryl/α,β-unsaturated/α-hetero) is 1. The summed E-state index contributed by atoms with van der Waals surface area (Å²) in [7, 11) is 3.16. The van der Waals surface area contributed by atoms with Gasteiger partial charge in [0.15, 0.2) is 17.3 Å². The SMILES string of the molecule is COc1cc2nccc(Oc3ccc(CC(=O)c4cc(-c5ccc(C)cc5)c(=O)n(CC5CCOCC5)c4)nc3)c2cc1OC. The minimum Gasteiger partial charge on any atom is -0.493 e. The monoisotopic (exact) mass is 605 g/mol. The van der Waals surface area contributed by atoms with E-state index < -0.39 is 0 Å². The number of aromatic nitrogens is 3. The first kappa shape index (κ1) is 30.0. The highest BCUT2D eigenvalue weighted by molar-refractivity contribution is 5.98. The Morgan fingerprint density at radius 3 is 2.40 bits per heavy atom. The van der Waals surface area contributed by atoms with E-state index >= 15 is 0 Å². The number of hydrogen-bond acceptors (Lipinski definition) is 8. The Balaban J connectivity index is 1.23. The quantitative estimate of drug-likeness (QED) is 0.168. The van der Waals surface area contributed by atoms with Gasteiger partial charge < -0.3 is 23.5 Å². The molecule has 0 bridgehead atoms. The average molecular weight is 606 g/mol. The highest BCUT2D eigenvalue weighted by atomic mass is 16.5. The Kier molecular flexibility index (Phi) is 8.89. The number of nitrogens with zero attached hydrogens (tertiary/aromatic N) is 3. The van der Waals surface area contributed by atoms with Crippen LogP contribution in [0.4, 0.5) is 0 Å². The molecule has 0 spiro atoms. The van der Waals surface area contributed by atoms with Gasteiger partial charge in [-0.3, -0.25) is 19.6 Å². The van der Waals surface area contributed by atoms with Crippen LogP contribution in [0.5, 0.6) is 23.0 Å². The molecule has 4 heterocycles. The number of ether oxygens (including phenoxy) is 4. The number of fused-ring (bicyclic) bond motifs is 1. The minimum atomic E-state index is -0.119. The number of hydrogen-bond donors (Lipinski definition) is 0. The van der Waals surface area contributed by atoms with Crippen molar-refractivity contribution in [1.29, 1.82) is 0 Å². The third-order valence-corrected chi connectivity index (χ3v) is 8.14. The molecule has 0 N–H and O–H groups in total. The number of rotatable bonds is 10. The second-order valence-electron chi connectivity index (χ2n) is 11.2. The molecule has 0 unspecified atom stereocenters. The first-order valence-electron chi connectivity index (χ1n) is 15.0. The molecule has 1 fully saturated rings. The van der Waals surface area contributed by atoms with Crippen LogP contribution in [-0.4, -0.2) is 47.8 Å². The van der Waals surface area contributed by atoms with E-state index in [9.17, 15) is 9.59 Å². The minimum absolute atomic E-state index is 0.0816. The second kappa shape index (κ2) is 13.3. The van der Waals surface area contributed by atoms with E-state index in [0.717, 1.165) is 29.4 Å². The van der Waals surface area contributed by atoms with E-state index in [1.807, 2.05) is 37.3 Å². The summed E-state index contributed by atoms with van der Waals surface area (Å²) < 4.78 is 24.2. The van der Waals surface area contributed by atoms with Crippen molar-refractivity contribution in [3.8, 4) is 34.1 Å². The third kappa shape index (κ3) is 6.73. The van der Waals surface area contributed by atoms with E-state index in [2.05, 4.69) is 9.97 Å². The summed E-state index contributed by atoms with van der Waals surface area (Å²) in [4.78, 5) is 36.1. The van der Waals surface area contributed by atoms with Gasteiger partial charge in [-0.15, -0.1) is 0 Å². The van der Waals surface area contributed by atoms with Gasteiger partial charge in [0.25, 0.3) is 5.56 Å². The molecule has 5 aromatic rings.